The maximum atomic E-state index is 13.8. The molecule has 1 N–H and O–H groups in total. The van der Waals surface area contributed by atoms with Crippen molar-refractivity contribution in [1.29, 1.82) is 0 Å². The molecule has 4 aliphatic rings. The SMILES string of the molecule is Cc1c(Cl)ccc2c1NC(=O)[C@@]21[C@@H]2C(=O)N(c3ccc(F)cc3)C(=O)[C@@H]2[C@H]2CCCN21. The van der Waals surface area contributed by atoms with Crippen LogP contribution >= 0.6 is 11.6 Å². The molecule has 0 aromatic heterocycles. The van der Waals surface area contributed by atoms with Gasteiger partial charge in [-0.2, -0.15) is 0 Å². The largest absolute Gasteiger partial charge is 0.324 e. The van der Waals surface area contributed by atoms with Crippen molar-refractivity contribution in [1.82, 2.24) is 4.90 Å². The molecule has 0 unspecified atom stereocenters. The molecule has 1 spiro atoms. The van der Waals surface area contributed by atoms with E-state index in [1.165, 1.54) is 24.3 Å². The van der Waals surface area contributed by atoms with E-state index in [4.69, 9.17) is 11.6 Å². The lowest BCUT2D eigenvalue weighted by atomic mass is 9.75. The lowest BCUT2D eigenvalue weighted by Crippen LogP contribution is -2.54. The zero-order valence-electron chi connectivity index (χ0n) is 16.7. The van der Waals surface area contributed by atoms with Crippen molar-refractivity contribution in [3.8, 4) is 0 Å². The van der Waals surface area contributed by atoms with Crippen LogP contribution < -0.4 is 10.2 Å². The minimum Gasteiger partial charge on any atom is -0.324 e. The number of fused-ring (bicyclic) bond motifs is 7. The van der Waals surface area contributed by atoms with E-state index in [1.54, 1.807) is 12.1 Å². The van der Waals surface area contributed by atoms with E-state index >= 15 is 0 Å². The van der Waals surface area contributed by atoms with E-state index in [2.05, 4.69) is 10.2 Å². The van der Waals surface area contributed by atoms with Crippen molar-refractivity contribution in [3.63, 3.8) is 0 Å². The molecule has 8 heteroatoms. The predicted molar refractivity (Wildman–Crippen MR) is 112 cm³/mol. The summed E-state index contributed by atoms with van der Waals surface area (Å²) in [7, 11) is 0. The van der Waals surface area contributed by atoms with Gasteiger partial charge in [-0.1, -0.05) is 17.7 Å². The minimum atomic E-state index is -1.24. The van der Waals surface area contributed by atoms with Crippen LogP contribution in [-0.4, -0.2) is 35.2 Å². The summed E-state index contributed by atoms with van der Waals surface area (Å²) in [6.45, 7) is 2.48. The first-order chi connectivity index (χ1) is 14.9. The third kappa shape index (κ3) is 2.13. The Bertz CT molecular complexity index is 1180. The summed E-state index contributed by atoms with van der Waals surface area (Å²) in [4.78, 5) is 44.1. The molecular formula is C23H19ClFN3O3. The van der Waals surface area contributed by atoms with E-state index in [-0.39, 0.29) is 17.9 Å². The standard InChI is InChI=1S/C23H19ClFN3O3/c1-11-15(24)9-8-14-19(11)26-22(31)23(14)18-17(16-3-2-10-27(16)23)20(29)28(21(18)30)13-6-4-12(25)5-7-13/h4-9,16-18H,2-3,10H2,1H3,(H,26,31)/t16-,17-,18+,23+/m1/s1. The Balaban J connectivity index is 1.56. The third-order valence-corrected chi connectivity index (χ3v) is 7.86. The minimum absolute atomic E-state index is 0.195. The van der Waals surface area contributed by atoms with Crippen LogP contribution in [0.15, 0.2) is 36.4 Å². The van der Waals surface area contributed by atoms with E-state index in [0.717, 1.165) is 23.3 Å². The van der Waals surface area contributed by atoms with Crippen LogP contribution in [0.4, 0.5) is 15.8 Å². The fourth-order valence-corrected chi connectivity index (χ4v) is 6.39. The number of halogens is 2. The number of carbonyl (C=O) groups excluding carboxylic acids is 3. The predicted octanol–water partition coefficient (Wildman–Crippen LogP) is 3.22. The highest BCUT2D eigenvalue weighted by Gasteiger charge is 2.74. The van der Waals surface area contributed by atoms with Crippen molar-refractivity contribution in [3.05, 3.63) is 58.4 Å². The van der Waals surface area contributed by atoms with E-state index in [0.29, 0.717) is 28.5 Å². The van der Waals surface area contributed by atoms with Gasteiger partial charge in [0.25, 0.3) is 0 Å². The lowest BCUT2D eigenvalue weighted by Gasteiger charge is -2.36. The molecule has 2 aromatic rings. The Morgan fingerprint density at radius 3 is 2.58 bits per heavy atom. The summed E-state index contributed by atoms with van der Waals surface area (Å²) in [5.74, 6) is -2.91. The van der Waals surface area contributed by atoms with Crippen LogP contribution in [0.1, 0.15) is 24.0 Å². The molecule has 0 radical (unpaired) electrons. The van der Waals surface area contributed by atoms with Gasteiger partial charge >= 0.3 is 0 Å². The zero-order valence-corrected chi connectivity index (χ0v) is 17.4. The number of imide groups is 1. The van der Waals surface area contributed by atoms with Gasteiger partial charge in [0.1, 0.15) is 11.4 Å². The number of nitrogens with zero attached hydrogens (tertiary/aromatic N) is 2. The molecular weight excluding hydrogens is 421 g/mol. The molecule has 6 nitrogen and oxygen atoms in total. The van der Waals surface area contributed by atoms with Gasteiger partial charge in [-0.15, -0.1) is 0 Å². The number of hydrogen-bond donors (Lipinski definition) is 1. The molecule has 3 amide bonds. The van der Waals surface area contributed by atoms with Gasteiger partial charge in [0, 0.05) is 16.6 Å². The molecule has 4 heterocycles. The third-order valence-electron chi connectivity index (χ3n) is 7.45. The van der Waals surface area contributed by atoms with Crippen LogP contribution in [0.3, 0.4) is 0 Å². The summed E-state index contributed by atoms with van der Waals surface area (Å²) in [5.41, 5.74) is 1.18. The average Bonchev–Trinajstić information content (AvgIpc) is 3.45. The van der Waals surface area contributed by atoms with Crippen LogP contribution in [-0.2, 0) is 19.9 Å². The fourth-order valence-electron chi connectivity index (χ4n) is 6.24. The topological polar surface area (TPSA) is 69.7 Å². The van der Waals surface area contributed by atoms with Gasteiger partial charge in [0.15, 0.2) is 0 Å². The van der Waals surface area contributed by atoms with Crippen LogP contribution in [0.5, 0.6) is 0 Å². The Kier molecular flexibility index (Phi) is 3.76. The molecule has 0 saturated carbocycles. The molecule has 31 heavy (non-hydrogen) atoms. The number of benzene rings is 2. The Morgan fingerprint density at radius 1 is 1.10 bits per heavy atom. The molecule has 3 saturated heterocycles. The Hall–Kier alpha value is -2.77. The van der Waals surface area contributed by atoms with Gasteiger partial charge in [0.05, 0.1) is 23.2 Å². The van der Waals surface area contributed by atoms with Crippen molar-refractivity contribution < 1.29 is 18.8 Å². The first-order valence-corrected chi connectivity index (χ1v) is 10.8. The van der Waals surface area contributed by atoms with E-state index in [1.807, 2.05) is 6.92 Å². The number of rotatable bonds is 1. The zero-order chi connectivity index (χ0) is 21.7. The van der Waals surface area contributed by atoms with Crippen LogP contribution in [0.2, 0.25) is 5.02 Å². The van der Waals surface area contributed by atoms with E-state index in [9.17, 15) is 18.8 Å². The summed E-state index contributed by atoms with van der Waals surface area (Å²) in [6, 6.07) is 8.66. The highest BCUT2D eigenvalue weighted by molar-refractivity contribution is 6.32. The molecule has 158 valence electrons. The van der Waals surface area contributed by atoms with Gasteiger partial charge in [0.2, 0.25) is 17.7 Å². The monoisotopic (exact) mass is 439 g/mol. The smallest absolute Gasteiger partial charge is 0.250 e. The quantitative estimate of drug-likeness (QED) is 0.693. The molecule has 6 rings (SSSR count). The number of amides is 3. The van der Waals surface area contributed by atoms with E-state index < -0.39 is 29.1 Å². The van der Waals surface area contributed by atoms with Crippen LogP contribution in [0, 0.1) is 24.6 Å². The number of nitrogens with one attached hydrogen (secondary N) is 1. The molecule has 0 bridgehead atoms. The van der Waals surface area contributed by atoms with Crippen molar-refractivity contribution >= 4 is 40.7 Å². The normalized spacial score (nSPS) is 31.4. The van der Waals surface area contributed by atoms with Crippen LogP contribution in [0.25, 0.3) is 0 Å². The summed E-state index contributed by atoms with van der Waals surface area (Å²) in [6.07, 6.45) is 1.59. The number of anilines is 2. The van der Waals surface area contributed by atoms with Crippen molar-refractivity contribution in [2.24, 2.45) is 11.8 Å². The summed E-state index contributed by atoms with van der Waals surface area (Å²) < 4.78 is 13.4. The highest BCUT2D eigenvalue weighted by Crippen LogP contribution is 2.61. The van der Waals surface area contributed by atoms with Crippen molar-refractivity contribution in [2.45, 2.75) is 31.3 Å². The second-order valence-corrected chi connectivity index (χ2v) is 9.12. The first kappa shape index (κ1) is 19.0. The maximum Gasteiger partial charge on any atom is 0.250 e. The lowest BCUT2D eigenvalue weighted by molar-refractivity contribution is -0.135. The van der Waals surface area contributed by atoms with Gasteiger partial charge in [-0.05, 0) is 62.2 Å². The molecule has 0 aliphatic carbocycles. The number of carbonyl (C=O) groups is 3. The Morgan fingerprint density at radius 2 is 1.84 bits per heavy atom. The maximum absolute atomic E-state index is 13.8. The molecule has 2 aromatic carbocycles. The highest BCUT2D eigenvalue weighted by atomic mass is 35.5. The Labute approximate surface area is 183 Å². The average molecular weight is 440 g/mol. The summed E-state index contributed by atoms with van der Waals surface area (Å²) >= 11 is 6.30. The molecule has 4 aliphatic heterocycles. The first-order valence-electron chi connectivity index (χ1n) is 10.4. The van der Waals surface area contributed by atoms with Crippen molar-refractivity contribution in [2.75, 3.05) is 16.8 Å². The second kappa shape index (κ2) is 6.14. The van der Waals surface area contributed by atoms with Gasteiger partial charge in [-0.3, -0.25) is 19.3 Å². The summed E-state index contributed by atoms with van der Waals surface area (Å²) in [5, 5.41) is 3.50. The number of hydrogen-bond acceptors (Lipinski definition) is 4. The second-order valence-electron chi connectivity index (χ2n) is 8.71. The molecule has 4 atom stereocenters. The fraction of sp³-hybridized carbons (Fsp3) is 0.348. The van der Waals surface area contributed by atoms with Gasteiger partial charge < -0.3 is 5.32 Å². The van der Waals surface area contributed by atoms with Gasteiger partial charge in [-0.25, -0.2) is 9.29 Å². The molecule has 3 fully saturated rings.